The van der Waals surface area contributed by atoms with E-state index >= 15 is 0 Å². The predicted octanol–water partition coefficient (Wildman–Crippen LogP) is 2.05. The van der Waals surface area contributed by atoms with Gasteiger partial charge >= 0.3 is 0 Å². The molecule has 0 amide bonds. The molecule has 0 aromatic heterocycles. The average molecular weight is 203 g/mol. The second-order valence-electron chi connectivity index (χ2n) is 2.94. The number of hydrogen-bond acceptors (Lipinski definition) is 2. The van der Waals surface area contributed by atoms with E-state index < -0.39 is 0 Å². The van der Waals surface area contributed by atoms with Crippen molar-refractivity contribution in [2.75, 3.05) is 14.1 Å². The smallest absolute Gasteiger partial charge is 0.142 e. The van der Waals surface area contributed by atoms with Crippen LogP contribution in [0.5, 0.6) is 0 Å². The van der Waals surface area contributed by atoms with Crippen LogP contribution in [0.25, 0.3) is 0 Å². The van der Waals surface area contributed by atoms with E-state index in [2.05, 4.69) is 5.43 Å². The SMILES string of the molecule is CN(C)NCc1cccc(F)c1Cl. The van der Waals surface area contributed by atoms with Crippen molar-refractivity contribution in [2.24, 2.45) is 0 Å². The van der Waals surface area contributed by atoms with E-state index in [0.29, 0.717) is 6.54 Å². The maximum absolute atomic E-state index is 12.9. The largest absolute Gasteiger partial charge is 0.251 e. The first-order chi connectivity index (χ1) is 6.11. The number of hydrogen-bond donors (Lipinski definition) is 1. The Bertz CT molecular complexity index is 289. The summed E-state index contributed by atoms with van der Waals surface area (Å²) < 4.78 is 12.9. The number of nitrogens with one attached hydrogen (secondary N) is 1. The quantitative estimate of drug-likeness (QED) is 0.755. The molecular weight excluding hydrogens is 191 g/mol. The molecule has 0 spiro atoms. The van der Waals surface area contributed by atoms with Gasteiger partial charge in [-0.2, -0.15) is 0 Å². The van der Waals surface area contributed by atoms with Crippen LogP contribution in [0.4, 0.5) is 4.39 Å². The third-order valence-electron chi connectivity index (χ3n) is 1.62. The molecule has 0 aliphatic rings. The van der Waals surface area contributed by atoms with E-state index in [4.69, 9.17) is 11.6 Å². The lowest BCUT2D eigenvalue weighted by Gasteiger charge is -2.12. The number of benzene rings is 1. The molecule has 72 valence electrons. The Balaban J connectivity index is 2.71. The second kappa shape index (κ2) is 4.56. The van der Waals surface area contributed by atoms with Gasteiger partial charge in [0.1, 0.15) is 5.82 Å². The first-order valence-electron chi connectivity index (χ1n) is 3.95. The molecule has 0 radical (unpaired) electrons. The minimum Gasteiger partial charge on any atom is -0.251 e. The molecule has 0 heterocycles. The fourth-order valence-corrected chi connectivity index (χ4v) is 1.12. The maximum atomic E-state index is 12.9. The minimum atomic E-state index is -0.375. The van der Waals surface area contributed by atoms with Crippen LogP contribution in [-0.2, 0) is 6.54 Å². The van der Waals surface area contributed by atoms with Crippen LogP contribution in [0.15, 0.2) is 18.2 Å². The third kappa shape index (κ3) is 2.95. The van der Waals surface area contributed by atoms with Gasteiger partial charge in [0.2, 0.25) is 0 Å². The number of rotatable bonds is 3. The fourth-order valence-electron chi connectivity index (χ4n) is 0.928. The molecule has 0 bridgehead atoms. The van der Waals surface area contributed by atoms with Gasteiger partial charge < -0.3 is 0 Å². The van der Waals surface area contributed by atoms with Crippen LogP contribution < -0.4 is 5.43 Å². The van der Waals surface area contributed by atoms with E-state index in [1.54, 1.807) is 17.1 Å². The summed E-state index contributed by atoms with van der Waals surface area (Å²) in [5, 5.41) is 1.98. The highest BCUT2D eigenvalue weighted by atomic mass is 35.5. The first-order valence-corrected chi connectivity index (χ1v) is 4.33. The average Bonchev–Trinajstić information content (AvgIpc) is 2.07. The summed E-state index contributed by atoms with van der Waals surface area (Å²) in [5.74, 6) is -0.375. The highest BCUT2D eigenvalue weighted by molar-refractivity contribution is 6.31. The van der Waals surface area contributed by atoms with Gasteiger partial charge in [-0.3, -0.25) is 10.4 Å². The standard InChI is InChI=1S/C9H12ClFN2/c1-13(2)12-6-7-4-3-5-8(11)9(7)10/h3-5,12H,6H2,1-2H3. The van der Waals surface area contributed by atoms with Crippen molar-refractivity contribution in [1.29, 1.82) is 0 Å². The van der Waals surface area contributed by atoms with Crippen molar-refractivity contribution in [3.05, 3.63) is 34.6 Å². The van der Waals surface area contributed by atoms with Crippen molar-refractivity contribution in [3.8, 4) is 0 Å². The second-order valence-corrected chi connectivity index (χ2v) is 3.32. The van der Waals surface area contributed by atoms with Gasteiger partial charge in [-0.05, 0) is 11.6 Å². The molecule has 0 aliphatic carbocycles. The molecule has 1 N–H and O–H groups in total. The normalized spacial score (nSPS) is 10.8. The minimum absolute atomic E-state index is 0.192. The molecule has 0 atom stereocenters. The van der Waals surface area contributed by atoms with Crippen LogP contribution in [0.3, 0.4) is 0 Å². The van der Waals surface area contributed by atoms with Crippen LogP contribution in [0.1, 0.15) is 5.56 Å². The number of nitrogens with zero attached hydrogens (tertiary/aromatic N) is 1. The van der Waals surface area contributed by atoms with Crippen molar-refractivity contribution in [3.63, 3.8) is 0 Å². The summed E-state index contributed by atoms with van der Waals surface area (Å²) in [6.45, 7) is 0.531. The highest BCUT2D eigenvalue weighted by Gasteiger charge is 2.04. The molecule has 0 aliphatic heterocycles. The van der Waals surface area contributed by atoms with E-state index in [1.807, 2.05) is 14.1 Å². The van der Waals surface area contributed by atoms with Gasteiger partial charge in [0.15, 0.2) is 0 Å². The van der Waals surface area contributed by atoms with Crippen LogP contribution in [-0.4, -0.2) is 19.1 Å². The Morgan fingerprint density at radius 2 is 2.15 bits per heavy atom. The van der Waals surface area contributed by atoms with E-state index in [-0.39, 0.29) is 10.8 Å². The summed E-state index contributed by atoms with van der Waals surface area (Å²) in [7, 11) is 3.74. The molecule has 0 saturated heterocycles. The number of hydrazine groups is 1. The molecule has 0 unspecified atom stereocenters. The lowest BCUT2D eigenvalue weighted by atomic mass is 10.2. The van der Waals surface area contributed by atoms with E-state index in [9.17, 15) is 4.39 Å². The van der Waals surface area contributed by atoms with Crippen molar-refractivity contribution in [1.82, 2.24) is 10.4 Å². The molecule has 4 heteroatoms. The molecule has 0 fully saturated rings. The van der Waals surface area contributed by atoms with Crippen LogP contribution in [0, 0.1) is 5.82 Å². The van der Waals surface area contributed by atoms with Crippen molar-refractivity contribution >= 4 is 11.6 Å². The van der Waals surface area contributed by atoms with E-state index in [1.165, 1.54) is 6.07 Å². The molecular formula is C9H12ClFN2. The Morgan fingerprint density at radius 1 is 1.46 bits per heavy atom. The zero-order valence-electron chi connectivity index (χ0n) is 7.64. The van der Waals surface area contributed by atoms with Crippen LogP contribution in [0.2, 0.25) is 5.02 Å². The Kier molecular flexibility index (Phi) is 3.66. The summed E-state index contributed by atoms with van der Waals surface area (Å²) >= 11 is 5.74. The summed E-state index contributed by atoms with van der Waals surface area (Å²) in [6, 6.07) is 4.79. The third-order valence-corrected chi connectivity index (χ3v) is 2.04. The Labute approximate surface area is 82.3 Å². The summed E-state index contributed by atoms with van der Waals surface area (Å²) in [5.41, 5.74) is 3.77. The zero-order chi connectivity index (χ0) is 9.84. The molecule has 2 nitrogen and oxygen atoms in total. The summed E-state index contributed by atoms with van der Waals surface area (Å²) in [4.78, 5) is 0. The monoisotopic (exact) mass is 202 g/mol. The van der Waals surface area contributed by atoms with Gasteiger partial charge in [-0.15, -0.1) is 0 Å². The predicted molar refractivity (Wildman–Crippen MR) is 51.9 cm³/mol. The Morgan fingerprint density at radius 3 is 2.77 bits per heavy atom. The van der Waals surface area contributed by atoms with Crippen molar-refractivity contribution in [2.45, 2.75) is 6.54 Å². The fraction of sp³-hybridized carbons (Fsp3) is 0.333. The van der Waals surface area contributed by atoms with Gasteiger partial charge in [0.05, 0.1) is 5.02 Å². The zero-order valence-corrected chi connectivity index (χ0v) is 8.40. The van der Waals surface area contributed by atoms with Gasteiger partial charge in [0, 0.05) is 20.6 Å². The molecule has 1 rings (SSSR count). The highest BCUT2D eigenvalue weighted by Crippen LogP contribution is 2.19. The topological polar surface area (TPSA) is 15.3 Å². The maximum Gasteiger partial charge on any atom is 0.142 e. The number of halogens is 2. The van der Waals surface area contributed by atoms with Gasteiger partial charge in [0.25, 0.3) is 0 Å². The first kappa shape index (κ1) is 10.4. The molecule has 1 aromatic rings. The van der Waals surface area contributed by atoms with Gasteiger partial charge in [-0.25, -0.2) is 4.39 Å². The van der Waals surface area contributed by atoms with E-state index in [0.717, 1.165) is 5.56 Å². The van der Waals surface area contributed by atoms with Gasteiger partial charge in [-0.1, -0.05) is 23.7 Å². The summed E-state index contributed by atoms with van der Waals surface area (Å²) in [6.07, 6.45) is 0. The Hall–Kier alpha value is -0.640. The molecule has 1 aromatic carbocycles. The van der Waals surface area contributed by atoms with Crippen LogP contribution >= 0.6 is 11.6 Å². The lowest BCUT2D eigenvalue weighted by molar-refractivity contribution is 0.286. The molecule has 13 heavy (non-hydrogen) atoms. The molecule has 0 saturated carbocycles. The van der Waals surface area contributed by atoms with Crippen molar-refractivity contribution < 1.29 is 4.39 Å². The lowest BCUT2D eigenvalue weighted by Crippen LogP contribution is -2.29.